The number of H-pyrrole nitrogens is 1. The van der Waals surface area contributed by atoms with Gasteiger partial charge in [0.1, 0.15) is 12.3 Å². The fraction of sp³-hybridized carbons (Fsp3) is 0.231. The number of fused-ring (bicyclic) bond motifs is 1. The quantitative estimate of drug-likeness (QED) is 0.747. The van der Waals surface area contributed by atoms with Crippen LogP contribution in [0.25, 0.3) is 10.9 Å². The van der Waals surface area contributed by atoms with Gasteiger partial charge in [-0.2, -0.15) is 0 Å². The Kier molecular flexibility index (Phi) is 3.70. The van der Waals surface area contributed by atoms with Gasteiger partial charge in [-0.1, -0.05) is 0 Å². The van der Waals surface area contributed by atoms with E-state index in [-0.39, 0.29) is 18.9 Å². The molecule has 0 bridgehead atoms. The zero-order valence-corrected chi connectivity index (χ0v) is 10.4. The number of aliphatic carboxylic acids is 1. The lowest BCUT2D eigenvalue weighted by atomic mass is 10.1. The zero-order chi connectivity index (χ0) is 13.8. The molecule has 0 unspecified atom stereocenters. The van der Waals surface area contributed by atoms with Crippen molar-refractivity contribution < 1.29 is 19.4 Å². The summed E-state index contributed by atoms with van der Waals surface area (Å²) in [6, 6.07) is 5.53. The van der Waals surface area contributed by atoms with E-state index >= 15 is 0 Å². The van der Waals surface area contributed by atoms with Crippen LogP contribution in [0.2, 0.25) is 0 Å². The van der Waals surface area contributed by atoms with Crippen LogP contribution in [0.15, 0.2) is 24.4 Å². The molecule has 0 atom stereocenters. The predicted molar refractivity (Wildman–Crippen MR) is 69.2 cm³/mol. The first-order chi connectivity index (χ1) is 9.10. The Balaban J connectivity index is 2.16. The van der Waals surface area contributed by atoms with Crippen molar-refractivity contribution >= 4 is 22.8 Å². The van der Waals surface area contributed by atoms with E-state index < -0.39 is 5.97 Å². The Morgan fingerprint density at radius 2 is 2.21 bits per heavy atom. The number of carbonyl (C=O) groups excluding carboxylic acids is 1. The molecule has 1 amide bonds. The number of hydrogen-bond donors (Lipinski definition) is 3. The third kappa shape index (κ3) is 3.04. The van der Waals surface area contributed by atoms with Gasteiger partial charge in [0.2, 0.25) is 5.91 Å². The SMILES string of the molecule is COc1ccc2[nH]cc(CC(=O)NCC(=O)O)c2c1. The van der Waals surface area contributed by atoms with Crippen molar-refractivity contribution in [2.45, 2.75) is 6.42 Å². The van der Waals surface area contributed by atoms with Crippen LogP contribution < -0.4 is 10.1 Å². The zero-order valence-electron chi connectivity index (χ0n) is 10.4. The number of methoxy groups -OCH3 is 1. The fourth-order valence-electron chi connectivity index (χ4n) is 1.84. The van der Waals surface area contributed by atoms with E-state index in [9.17, 15) is 9.59 Å². The monoisotopic (exact) mass is 262 g/mol. The lowest BCUT2D eigenvalue weighted by Crippen LogP contribution is -2.30. The van der Waals surface area contributed by atoms with Crippen molar-refractivity contribution in [3.63, 3.8) is 0 Å². The first-order valence-electron chi connectivity index (χ1n) is 5.72. The second-order valence-electron chi connectivity index (χ2n) is 4.07. The maximum atomic E-state index is 11.6. The highest BCUT2D eigenvalue weighted by Gasteiger charge is 2.10. The summed E-state index contributed by atoms with van der Waals surface area (Å²) in [6.07, 6.45) is 1.87. The number of amides is 1. The molecular formula is C13H14N2O4. The van der Waals surface area contributed by atoms with E-state index in [0.717, 1.165) is 16.5 Å². The summed E-state index contributed by atoms with van der Waals surface area (Å²) in [6.45, 7) is -0.371. The smallest absolute Gasteiger partial charge is 0.322 e. The highest BCUT2D eigenvalue weighted by atomic mass is 16.5. The van der Waals surface area contributed by atoms with Gasteiger partial charge in [-0.05, 0) is 23.8 Å². The lowest BCUT2D eigenvalue weighted by molar-refractivity contribution is -0.137. The third-order valence-corrected chi connectivity index (χ3v) is 2.76. The Bertz CT molecular complexity index is 618. The minimum Gasteiger partial charge on any atom is -0.497 e. The molecule has 2 rings (SSSR count). The Hall–Kier alpha value is -2.50. The molecule has 6 nitrogen and oxygen atoms in total. The molecular weight excluding hydrogens is 248 g/mol. The summed E-state index contributed by atoms with van der Waals surface area (Å²) < 4.78 is 5.14. The fourth-order valence-corrected chi connectivity index (χ4v) is 1.84. The number of rotatable bonds is 5. The molecule has 0 aliphatic heterocycles. The molecule has 1 aromatic heterocycles. The maximum Gasteiger partial charge on any atom is 0.322 e. The Morgan fingerprint density at radius 3 is 2.89 bits per heavy atom. The summed E-state index contributed by atoms with van der Waals surface area (Å²) in [5.74, 6) is -0.681. The van der Waals surface area contributed by atoms with E-state index in [1.54, 1.807) is 13.3 Å². The van der Waals surface area contributed by atoms with E-state index in [0.29, 0.717) is 5.75 Å². The molecule has 100 valence electrons. The predicted octanol–water partition coefficient (Wildman–Crippen LogP) is 0.920. The van der Waals surface area contributed by atoms with E-state index in [4.69, 9.17) is 9.84 Å². The summed E-state index contributed by atoms with van der Waals surface area (Å²) in [4.78, 5) is 25.0. The number of aromatic nitrogens is 1. The molecule has 0 saturated carbocycles. The molecule has 0 saturated heterocycles. The van der Waals surface area contributed by atoms with Crippen LogP contribution in [0.5, 0.6) is 5.75 Å². The highest BCUT2D eigenvalue weighted by molar-refractivity contribution is 5.90. The molecule has 0 radical (unpaired) electrons. The van der Waals surface area contributed by atoms with Crippen LogP contribution in [-0.4, -0.2) is 35.6 Å². The van der Waals surface area contributed by atoms with E-state index in [2.05, 4.69) is 10.3 Å². The number of aromatic amines is 1. The van der Waals surface area contributed by atoms with Gasteiger partial charge < -0.3 is 20.1 Å². The van der Waals surface area contributed by atoms with Crippen LogP contribution >= 0.6 is 0 Å². The molecule has 2 aromatic rings. The average molecular weight is 262 g/mol. The Morgan fingerprint density at radius 1 is 1.42 bits per heavy atom. The third-order valence-electron chi connectivity index (χ3n) is 2.76. The summed E-state index contributed by atoms with van der Waals surface area (Å²) in [5, 5.41) is 11.7. The van der Waals surface area contributed by atoms with Crippen molar-refractivity contribution in [1.82, 2.24) is 10.3 Å². The van der Waals surface area contributed by atoms with Crippen LogP contribution in [-0.2, 0) is 16.0 Å². The van der Waals surface area contributed by atoms with Crippen LogP contribution in [0.4, 0.5) is 0 Å². The van der Waals surface area contributed by atoms with Gasteiger partial charge in [0.05, 0.1) is 13.5 Å². The molecule has 1 aromatic carbocycles. The minimum absolute atomic E-state index is 0.125. The number of nitrogens with one attached hydrogen (secondary N) is 2. The number of carboxylic acids is 1. The van der Waals surface area contributed by atoms with E-state index in [1.807, 2.05) is 18.2 Å². The van der Waals surface area contributed by atoms with Gasteiger partial charge in [0.25, 0.3) is 0 Å². The van der Waals surface area contributed by atoms with Crippen molar-refractivity contribution in [3.8, 4) is 5.75 Å². The van der Waals surface area contributed by atoms with Crippen LogP contribution in [0, 0.1) is 0 Å². The molecule has 0 spiro atoms. The second-order valence-corrected chi connectivity index (χ2v) is 4.07. The molecule has 3 N–H and O–H groups in total. The summed E-state index contributed by atoms with van der Waals surface area (Å²) in [5.41, 5.74) is 1.71. The van der Waals surface area contributed by atoms with E-state index in [1.165, 1.54) is 0 Å². The van der Waals surface area contributed by atoms with Crippen molar-refractivity contribution in [2.24, 2.45) is 0 Å². The lowest BCUT2D eigenvalue weighted by Gasteiger charge is -2.03. The Labute approximate surface area is 109 Å². The highest BCUT2D eigenvalue weighted by Crippen LogP contribution is 2.23. The summed E-state index contributed by atoms with van der Waals surface area (Å²) in [7, 11) is 1.58. The summed E-state index contributed by atoms with van der Waals surface area (Å²) >= 11 is 0. The maximum absolute atomic E-state index is 11.6. The van der Waals surface area contributed by atoms with Crippen molar-refractivity contribution in [3.05, 3.63) is 30.0 Å². The second kappa shape index (κ2) is 5.43. The number of hydrogen-bond acceptors (Lipinski definition) is 3. The topological polar surface area (TPSA) is 91.4 Å². The van der Waals surface area contributed by atoms with Gasteiger partial charge in [-0.25, -0.2) is 0 Å². The first-order valence-corrected chi connectivity index (χ1v) is 5.72. The number of carbonyl (C=O) groups is 2. The molecule has 19 heavy (non-hydrogen) atoms. The number of benzene rings is 1. The van der Waals surface area contributed by atoms with Gasteiger partial charge >= 0.3 is 5.97 Å². The molecule has 0 aliphatic rings. The van der Waals surface area contributed by atoms with Crippen LogP contribution in [0.1, 0.15) is 5.56 Å². The molecule has 1 heterocycles. The molecule has 0 aliphatic carbocycles. The number of carboxylic acid groups (broad SMARTS) is 1. The minimum atomic E-state index is -1.06. The average Bonchev–Trinajstić information content (AvgIpc) is 2.79. The van der Waals surface area contributed by atoms with Gasteiger partial charge in [-0.15, -0.1) is 0 Å². The van der Waals surface area contributed by atoms with Gasteiger partial charge in [0, 0.05) is 17.1 Å². The van der Waals surface area contributed by atoms with Crippen LogP contribution in [0.3, 0.4) is 0 Å². The normalized spacial score (nSPS) is 10.4. The number of ether oxygens (including phenoxy) is 1. The molecule has 0 fully saturated rings. The first kappa shape index (κ1) is 12.9. The standard InChI is InChI=1S/C13H14N2O4/c1-19-9-2-3-11-10(5-9)8(6-14-11)4-12(16)15-7-13(17)18/h2-3,5-6,14H,4,7H2,1H3,(H,15,16)(H,17,18). The van der Waals surface area contributed by atoms with Crippen molar-refractivity contribution in [2.75, 3.05) is 13.7 Å². The van der Waals surface area contributed by atoms with Gasteiger partial charge in [-0.3, -0.25) is 9.59 Å². The van der Waals surface area contributed by atoms with Gasteiger partial charge in [0.15, 0.2) is 0 Å². The van der Waals surface area contributed by atoms with Crippen molar-refractivity contribution in [1.29, 1.82) is 0 Å². The largest absolute Gasteiger partial charge is 0.497 e. The molecule has 6 heteroatoms.